The molecule has 128 valence electrons. The molecule has 0 saturated heterocycles. The topological polar surface area (TPSA) is 63.9 Å². The van der Waals surface area contributed by atoms with Crippen LogP contribution in [-0.2, 0) is 0 Å². The van der Waals surface area contributed by atoms with E-state index in [1.54, 1.807) is 28.2 Å². The summed E-state index contributed by atoms with van der Waals surface area (Å²) in [6, 6.07) is 11.3. The van der Waals surface area contributed by atoms with E-state index in [4.69, 9.17) is 0 Å². The minimum Gasteiger partial charge on any atom is -0.334 e. The van der Waals surface area contributed by atoms with E-state index in [0.29, 0.717) is 5.56 Å². The maximum atomic E-state index is 13.0. The molecule has 3 aromatic rings. The van der Waals surface area contributed by atoms with Crippen LogP contribution in [0.5, 0.6) is 0 Å². The fourth-order valence-electron chi connectivity index (χ4n) is 3.06. The van der Waals surface area contributed by atoms with Gasteiger partial charge in [-0.05, 0) is 35.7 Å². The number of rotatable bonds is 5. The molecule has 2 heterocycles. The van der Waals surface area contributed by atoms with Crippen molar-refractivity contribution in [1.29, 1.82) is 0 Å². The lowest BCUT2D eigenvalue weighted by molar-refractivity contribution is 0.0687. The molecule has 0 N–H and O–H groups in total. The summed E-state index contributed by atoms with van der Waals surface area (Å²) in [7, 11) is 1.84. The number of nitrogens with zero attached hydrogens (tertiary/aromatic N) is 5. The molecule has 6 nitrogen and oxygen atoms in total. The average Bonchev–Trinajstić information content (AvgIpc) is 3.16. The first-order valence-electron chi connectivity index (χ1n) is 8.21. The highest BCUT2D eigenvalue weighted by Crippen LogP contribution is 2.28. The maximum absolute atomic E-state index is 13.0. The smallest absolute Gasteiger partial charge is 0.254 e. The summed E-state index contributed by atoms with van der Waals surface area (Å²) in [6.45, 7) is 4.21. The maximum Gasteiger partial charge on any atom is 0.254 e. The Morgan fingerprint density at radius 2 is 2.00 bits per heavy atom. The number of hydrogen-bond acceptors (Lipinski definition) is 4. The Morgan fingerprint density at radius 1 is 1.16 bits per heavy atom. The Bertz CT molecular complexity index is 830. The summed E-state index contributed by atoms with van der Waals surface area (Å²) in [5, 5.41) is 7.79. The second-order valence-corrected chi connectivity index (χ2v) is 6.29. The monoisotopic (exact) mass is 335 g/mol. The van der Waals surface area contributed by atoms with Gasteiger partial charge in [0.25, 0.3) is 5.91 Å². The average molecular weight is 335 g/mol. The lowest BCUT2D eigenvalue weighted by atomic mass is 9.95. The summed E-state index contributed by atoms with van der Waals surface area (Å²) in [5.74, 6) is 0.223. The zero-order chi connectivity index (χ0) is 17.8. The van der Waals surface area contributed by atoms with Crippen molar-refractivity contribution in [2.75, 3.05) is 7.05 Å². The van der Waals surface area contributed by atoms with E-state index in [1.807, 2.05) is 49.6 Å². The minimum absolute atomic E-state index is 0.0375. The molecule has 1 unspecified atom stereocenters. The third-order valence-electron chi connectivity index (χ3n) is 4.18. The van der Waals surface area contributed by atoms with Crippen LogP contribution in [-0.4, -0.2) is 37.8 Å². The number of hydrogen-bond donors (Lipinski definition) is 0. The van der Waals surface area contributed by atoms with Gasteiger partial charge in [0.2, 0.25) is 0 Å². The van der Waals surface area contributed by atoms with Gasteiger partial charge in [-0.15, -0.1) is 5.10 Å². The molecule has 0 fully saturated rings. The highest BCUT2D eigenvalue weighted by atomic mass is 16.2. The molecule has 2 aromatic heterocycles. The van der Waals surface area contributed by atoms with E-state index in [9.17, 15) is 4.79 Å². The molecular weight excluding hydrogens is 314 g/mol. The molecule has 6 heteroatoms. The van der Waals surface area contributed by atoms with E-state index in [2.05, 4.69) is 29.1 Å². The van der Waals surface area contributed by atoms with Crippen LogP contribution in [0.2, 0.25) is 0 Å². The van der Waals surface area contributed by atoms with Gasteiger partial charge >= 0.3 is 0 Å². The van der Waals surface area contributed by atoms with E-state index >= 15 is 0 Å². The molecule has 1 atom stereocenters. The van der Waals surface area contributed by atoms with Crippen molar-refractivity contribution in [2.24, 2.45) is 5.92 Å². The van der Waals surface area contributed by atoms with Gasteiger partial charge in [-0.1, -0.05) is 31.2 Å². The van der Waals surface area contributed by atoms with Crippen LogP contribution in [0.1, 0.15) is 35.8 Å². The highest BCUT2D eigenvalue weighted by Gasteiger charge is 2.25. The number of carbonyl (C=O) groups excluding carboxylic acids is 1. The van der Waals surface area contributed by atoms with Gasteiger partial charge in [0.1, 0.15) is 0 Å². The number of amides is 1. The fraction of sp³-hybridized carbons (Fsp3) is 0.263. The molecule has 1 amide bonds. The van der Waals surface area contributed by atoms with E-state index in [1.165, 1.54) is 0 Å². The molecule has 1 aromatic carbocycles. The highest BCUT2D eigenvalue weighted by molar-refractivity contribution is 5.94. The third kappa shape index (κ3) is 3.57. The molecule has 0 aliphatic carbocycles. The lowest BCUT2D eigenvalue weighted by Gasteiger charge is -2.31. The Morgan fingerprint density at radius 3 is 2.64 bits per heavy atom. The van der Waals surface area contributed by atoms with Gasteiger partial charge in [-0.25, -0.2) is 4.68 Å². The van der Waals surface area contributed by atoms with Crippen molar-refractivity contribution in [3.63, 3.8) is 0 Å². The van der Waals surface area contributed by atoms with Crippen molar-refractivity contribution < 1.29 is 4.79 Å². The predicted molar refractivity (Wildman–Crippen MR) is 95.3 cm³/mol. The van der Waals surface area contributed by atoms with Crippen molar-refractivity contribution in [3.05, 3.63) is 72.3 Å². The SMILES string of the molecule is CC(C)C(c1cccnc1)N(C)C(=O)c1cccc(-n2ccnn2)c1. The van der Waals surface area contributed by atoms with Gasteiger partial charge in [-0.2, -0.15) is 0 Å². The summed E-state index contributed by atoms with van der Waals surface area (Å²) < 4.78 is 1.64. The van der Waals surface area contributed by atoms with Crippen molar-refractivity contribution in [2.45, 2.75) is 19.9 Å². The summed E-state index contributed by atoms with van der Waals surface area (Å²) in [5.41, 5.74) is 2.45. The van der Waals surface area contributed by atoms with Crippen LogP contribution in [0, 0.1) is 5.92 Å². The summed E-state index contributed by atoms with van der Waals surface area (Å²) >= 11 is 0. The van der Waals surface area contributed by atoms with Crippen LogP contribution in [0.15, 0.2) is 61.2 Å². The summed E-state index contributed by atoms with van der Waals surface area (Å²) in [6.07, 6.45) is 6.92. The zero-order valence-corrected chi connectivity index (χ0v) is 14.6. The Labute approximate surface area is 147 Å². The molecule has 3 rings (SSSR count). The first-order chi connectivity index (χ1) is 12.1. The molecule has 25 heavy (non-hydrogen) atoms. The molecular formula is C19H21N5O. The van der Waals surface area contributed by atoms with E-state index in [-0.39, 0.29) is 17.9 Å². The second-order valence-electron chi connectivity index (χ2n) is 6.29. The van der Waals surface area contributed by atoms with E-state index in [0.717, 1.165) is 11.3 Å². The zero-order valence-electron chi connectivity index (χ0n) is 14.6. The molecule has 0 saturated carbocycles. The van der Waals surface area contributed by atoms with Crippen LogP contribution in [0.3, 0.4) is 0 Å². The third-order valence-corrected chi connectivity index (χ3v) is 4.18. The van der Waals surface area contributed by atoms with Gasteiger partial charge in [0, 0.05) is 25.0 Å². The molecule has 0 aliphatic rings. The minimum atomic E-state index is -0.0452. The molecule has 0 aliphatic heterocycles. The lowest BCUT2D eigenvalue weighted by Crippen LogP contribution is -2.34. The fourth-order valence-corrected chi connectivity index (χ4v) is 3.06. The van der Waals surface area contributed by atoms with Crippen molar-refractivity contribution >= 4 is 5.91 Å². The Hall–Kier alpha value is -3.02. The number of carbonyl (C=O) groups is 1. The Kier molecular flexibility index (Phi) is 4.88. The molecule has 0 bridgehead atoms. The Balaban J connectivity index is 1.90. The van der Waals surface area contributed by atoms with Crippen LogP contribution in [0.25, 0.3) is 5.69 Å². The first-order valence-corrected chi connectivity index (χ1v) is 8.21. The quantitative estimate of drug-likeness (QED) is 0.718. The second kappa shape index (κ2) is 7.25. The number of aromatic nitrogens is 4. The normalized spacial score (nSPS) is 12.2. The molecule has 0 spiro atoms. The summed E-state index contributed by atoms with van der Waals surface area (Å²) in [4.78, 5) is 19.0. The number of benzene rings is 1. The largest absolute Gasteiger partial charge is 0.334 e. The number of pyridine rings is 1. The van der Waals surface area contributed by atoms with Gasteiger partial charge < -0.3 is 4.90 Å². The van der Waals surface area contributed by atoms with Crippen LogP contribution in [0.4, 0.5) is 0 Å². The molecule has 0 radical (unpaired) electrons. The van der Waals surface area contributed by atoms with Crippen molar-refractivity contribution in [1.82, 2.24) is 24.9 Å². The first kappa shape index (κ1) is 16.8. The van der Waals surface area contributed by atoms with Crippen LogP contribution < -0.4 is 0 Å². The predicted octanol–water partition coefficient (Wildman–Crippen LogP) is 3.13. The van der Waals surface area contributed by atoms with Gasteiger partial charge in [0.05, 0.1) is 24.1 Å². The standard InChI is InChI=1S/C19H21N5O/c1-14(2)18(16-7-5-9-20-13-16)23(3)19(25)15-6-4-8-17(12-15)24-11-10-21-22-24/h4-14,18H,1-3H3. The van der Waals surface area contributed by atoms with Crippen molar-refractivity contribution in [3.8, 4) is 5.69 Å². The van der Waals surface area contributed by atoms with Gasteiger partial charge in [-0.3, -0.25) is 9.78 Å². The van der Waals surface area contributed by atoms with Gasteiger partial charge in [0.15, 0.2) is 0 Å². The van der Waals surface area contributed by atoms with Crippen LogP contribution >= 0.6 is 0 Å². The van der Waals surface area contributed by atoms with E-state index < -0.39 is 0 Å².